The van der Waals surface area contributed by atoms with Gasteiger partial charge in [0.1, 0.15) is 18.1 Å². The van der Waals surface area contributed by atoms with Crippen molar-refractivity contribution in [2.24, 2.45) is 0 Å². The number of aromatic nitrogens is 2. The van der Waals surface area contributed by atoms with E-state index in [2.05, 4.69) is 31.2 Å². The fourth-order valence-electron chi connectivity index (χ4n) is 5.56. The van der Waals surface area contributed by atoms with Gasteiger partial charge < -0.3 is 41.4 Å². The first-order chi connectivity index (χ1) is 21.2. The van der Waals surface area contributed by atoms with Crippen LogP contribution in [0.15, 0.2) is 60.9 Å². The molecule has 0 radical (unpaired) electrons. The molecule has 3 heterocycles. The summed E-state index contributed by atoms with van der Waals surface area (Å²) in [6.45, 7) is 0.686. The molecule has 0 bridgehead atoms. The molecule has 13 nitrogen and oxygen atoms in total. The monoisotopic (exact) mass is 602 g/mol. The van der Waals surface area contributed by atoms with Crippen molar-refractivity contribution >= 4 is 51.5 Å². The van der Waals surface area contributed by atoms with Crippen molar-refractivity contribution in [2.75, 3.05) is 6.54 Å². The van der Waals surface area contributed by atoms with Gasteiger partial charge in [0.15, 0.2) is 0 Å². The van der Waals surface area contributed by atoms with Gasteiger partial charge in [0.2, 0.25) is 17.7 Å². The maximum atomic E-state index is 13.9. The number of rotatable bonds is 13. The van der Waals surface area contributed by atoms with Gasteiger partial charge in [0.25, 0.3) is 0 Å². The Bertz CT molecular complexity index is 1690. The van der Waals surface area contributed by atoms with E-state index in [1.165, 1.54) is 0 Å². The van der Waals surface area contributed by atoms with Crippen LogP contribution >= 0.6 is 0 Å². The van der Waals surface area contributed by atoms with Gasteiger partial charge in [-0.1, -0.05) is 36.4 Å². The minimum Gasteiger partial charge on any atom is -0.481 e. The zero-order valence-electron chi connectivity index (χ0n) is 23.8. The van der Waals surface area contributed by atoms with E-state index >= 15 is 0 Å². The third-order valence-corrected chi connectivity index (χ3v) is 7.83. The highest BCUT2D eigenvalue weighted by atomic mass is 16.4. The first-order valence-electron chi connectivity index (χ1n) is 14.4. The number of hydrogen-bond donors (Lipinski definition) is 8. The molecule has 5 rings (SSSR count). The van der Waals surface area contributed by atoms with Gasteiger partial charge in [-0.05, 0) is 42.6 Å². The zero-order chi connectivity index (χ0) is 31.2. The van der Waals surface area contributed by atoms with Crippen LogP contribution < -0.4 is 21.3 Å². The molecule has 3 amide bonds. The molecule has 4 unspecified atom stereocenters. The fraction of sp³-hybridized carbons (Fsp3) is 0.323. The number of amides is 3. The molecule has 44 heavy (non-hydrogen) atoms. The normalized spacial score (nSPS) is 16.7. The van der Waals surface area contributed by atoms with Crippen molar-refractivity contribution in [3.05, 3.63) is 72.1 Å². The fourth-order valence-corrected chi connectivity index (χ4v) is 5.56. The molecule has 4 atom stereocenters. The van der Waals surface area contributed by atoms with E-state index in [0.717, 1.165) is 33.8 Å². The second-order valence-corrected chi connectivity index (χ2v) is 10.9. The van der Waals surface area contributed by atoms with Crippen LogP contribution in [0, 0.1) is 0 Å². The van der Waals surface area contributed by atoms with Crippen LogP contribution in [0.2, 0.25) is 0 Å². The third-order valence-electron chi connectivity index (χ3n) is 7.83. The Morgan fingerprint density at radius 3 is 1.77 bits per heavy atom. The van der Waals surface area contributed by atoms with E-state index in [-0.39, 0.29) is 18.7 Å². The molecule has 0 spiro atoms. The van der Waals surface area contributed by atoms with Gasteiger partial charge >= 0.3 is 11.9 Å². The average molecular weight is 603 g/mol. The molecule has 13 heteroatoms. The number of carbonyl (C=O) groups excluding carboxylic acids is 3. The number of aromatic amines is 2. The van der Waals surface area contributed by atoms with Crippen LogP contribution in [0.4, 0.5) is 0 Å². The highest BCUT2D eigenvalue weighted by molar-refractivity contribution is 5.96. The molecule has 0 saturated carbocycles. The number of carboxylic acid groups (broad SMARTS) is 2. The van der Waals surface area contributed by atoms with Gasteiger partial charge in [0, 0.05) is 47.0 Å². The molecular weight excluding hydrogens is 568 g/mol. The van der Waals surface area contributed by atoms with Crippen LogP contribution in [-0.2, 0) is 36.8 Å². The van der Waals surface area contributed by atoms with Gasteiger partial charge in [-0.3, -0.25) is 19.2 Å². The number of aliphatic carboxylic acids is 2. The molecule has 0 aliphatic carbocycles. The van der Waals surface area contributed by atoms with Crippen molar-refractivity contribution in [1.82, 2.24) is 31.2 Å². The van der Waals surface area contributed by atoms with Gasteiger partial charge in [-0.25, -0.2) is 4.79 Å². The Balaban J connectivity index is 1.43. The Kier molecular flexibility index (Phi) is 9.24. The summed E-state index contributed by atoms with van der Waals surface area (Å²) in [4.78, 5) is 69.8. The molecule has 1 fully saturated rings. The summed E-state index contributed by atoms with van der Waals surface area (Å²) in [7, 11) is 0. The number of carbonyl (C=O) groups is 5. The molecule has 4 aromatic rings. The van der Waals surface area contributed by atoms with Crippen molar-refractivity contribution in [1.29, 1.82) is 0 Å². The second-order valence-electron chi connectivity index (χ2n) is 10.9. The summed E-state index contributed by atoms with van der Waals surface area (Å²) >= 11 is 0. The van der Waals surface area contributed by atoms with Crippen LogP contribution in [-0.4, -0.2) is 80.6 Å². The Morgan fingerprint density at radius 1 is 0.750 bits per heavy atom. The first kappa shape index (κ1) is 30.3. The Hall–Kier alpha value is -5.17. The molecular formula is C31H34N6O7. The summed E-state index contributed by atoms with van der Waals surface area (Å²) in [6.07, 6.45) is 4.16. The Morgan fingerprint density at radius 2 is 1.27 bits per heavy atom. The van der Waals surface area contributed by atoms with Crippen molar-refractivity contribution in [2.45, 2.75) is 56.3 Å². The smallest absolute Gasteiger partial charge is 0.326 e. The lowest BCUT2D eigenvalue weighted by molar-refractivity contribution is -0.147. The predicted octanol–water partition coefficient (Wildman–Crippen LogP) is 1.20. The van der Waals surface area contributed by atoms with Crippen molar-refractivity contribution in [3.63, 3.8) is 0 Å². The SMILES string of the molecule is O=C(O)CC(NC(=O)C(Cc1c[nH]c2ccccc12)NC(=O)C(Cc1c[nH]c2ccccc12)NC(=O)C1CCCN1)C(=O)O. The third kappa shape index (κ3) is 7.06. The van der Waals surface area contributed by atoms with E-state index < -0.39 is 54.3 Å². The summed E-state index contributed by atoms with van der Waals surface area (Å²) < 4.78 is 0. The lowest BCUT2D eigenvalue weighted by Crippen LogP contribution is -2.58. The van der Waals surface area contributed by atoms with E-state index in [9.17, 15) is 29.1 Å². The zero-order valence-corrected chi connectivity index (χ0v) is 23.8. The minimum absolute atomic E-state index is 0.0288. The number of carboxylic acids is 2. The number of fused-ring (bicyclic) bond motifs is 2. The standard InChI is InChI=1S/C31H34N6O7/c38-27(39)14-26(31(43)44)37-30(42)25(13-18-16-34-22-9-4-2-7-20(18)22)36-29(41)24(35-28(40)23-10-5-11-32-23)12-17-15-33-21-8-3-1-6-19(17)21/h1-4,6-9,15-16,23-26,32-34H,5,10-14H2,(H,35,40)(H,36,41)(H,37,42)(H,38,39)(H,43,44). The second kappa shape index (κ2) is 13.4. The lowest BCUT2D eigenvalue weighted by Gasteiger charge is -2.25. The summed E-state index contributed by atoms with van der Waals surface area (Å²) in [6, 6.07) is 10.4. The van der Waals surface area contributed by atoms with E-state index in [1.807, 2.05) is 48.5 Å². The number of nitrogens with one attached hydrogen (secondary N) is 6. The maximum Gasteiger partial charge on any atom is 0.326 e. The number of benzene rings is 2. The van der Waals surface area contributed by atoms with Crippen molar-refractivity contribution in [3.8, 4) is 0 Å². The van der Waals surface area contributed by atoms with E-state index in [1.54, 1.807) is 12.4 Å². The summed E-state index contributed by atoms with van der Waals surface area (Å²) in [5.41, 5.74) is 3.12. The van der Waals surface area contributed by atoms with Gasteiger partial charge in [-0.2, -0.15) is 0 Å². The van der Waals surface area contributed by atoms with E-state index in [0.29, 0.717) is 18.5 Å². The number of hydrogen-bond acceptors (Lipinski definition) is 6. The molecule has 1 saturated heterocycles. The topological polar surface area (TPSA) is 206 Å². The highest BCUT2D eigenvalue weighted by Gasteiger charge is 2.33. The van der Waals surface area contributed by atoms with Crippen molar-refractivity contribution < 1.29 is 34.2 Å². The predicted molar refractivity (Wildman–Crippen MR) is 161 cm³/mol. The van der Waals surface area contributed by atoms with Gasteiger partial charge in [0.05, 0.1) is 12.5 Å². The summed E-state index contributed by atoms with van der Waals surface area (Å²) in [5.74, 6) is -4.78. The maximum absolute atomic E-state index is 13.9. The average Bonchev–Trinajstić information content (AvgIpc) is 3.77. The minimum atomic E-state index is -1.71. The number of para-hydroxylation sites is 2. The van der Waals surface area contributed by atoms with Crippen LogP contribution in [0.1, 0.15) is 30.4 Å². The molecule has 1 aliphatic rings. The molecule has 230 valence electrons. The quantitative estimate of drug-likeness (QED) is 0.111. The number of H-pyrrole nitrogens is 2. The van der Waals surface area contributed by atoms with E-state index in [4.69, 9.17) is 5.11 Å². The van der Waals surface area contributed by atoms with Crippen LogP contribution in [0.3, 0.4) is 0 Å². The Labute approximate surface area is 251 Å². The first-order valence-corrected chi connectivity index (χ1v) is 14.4. The van der Waals surface area contributed by atoms with Crippen LogP contribution in [0.25, 0.3) is 21.8 Å². The summed E-state index contributed by atoms with van der Waals surface area (Å²) in [5, 5.41) is 31.3. The highest BCUT2D eigenvalue weighted by Crippen LogP contribution is 2.21. The van der Waals surface area contributed by atoms with Crippen LogP contribution in [0.5, 0.6) is 0 Å². The molecule has 8 N–H and O–H groups in total. The molecule has 2 aromatic heterocycles. The van der Waals surface area contributed by atoms with Gasteiger partial charge in [-0.15, -0.1) is 0 Å². The molecule has 1 aliphatic heterocycles. The lowest BCUT2D eigenvalue weighted by atomic mass is 10.0. The largest absolute Gasteiger partial charge is 0.481 e. The molecule has 2 aromatic carbocycles.